The van der Waals surface area contributed by atoms with Crippen molar-refractivity contribution in [3.05, 3.63) is 57.8 Å². The van der Waals surface area contributed by atoms with E-state index in [0.29, 0.717) is 22.9 Å². The Morgan fingerprint density at radius 1 is 1.34 bits per heavy atom. The fourth-order valence-corrected chi connectivity index (χ4v) is 3.18. The molecule has 0 saturated heterocycles. The van der Waals surface area contributed by atoms with Gasteiger partial charge in [0.25, 0.3) is 5.56 Å². The van der Waals surface area contributed by atoms with Gasteiger partial charge in [0.15, 0.2) is 5.82 Å². The number of aryl methyl sites for hydroxylation is 2. The van der Waals surface area contributed by atoms with Crippen molar-refractivity contribution in [2.75, 3.05) is 11.1 Å². The van der Waals surface area contributed by atoms with Crippen molar-refractivity contribution in [2.45, 2.75) is 32.6 Å². The van der Waals surface area contributed by atoms with Crippen LogP contribution in [0.5, 0.6) is 0 Å². The monoisotopic (exact) mass is 416 g/mol. The third kappa shape index (κ3) is 5.23. The molecule has 1 atom stereocenters. The largest absolute Gasteiger partial charge is 0.459 e. The maximum absolute atomic E-state index is 12.2. The molecule has 10 heteroatoms. The highest BCUT2D eigenvalue weighted by Gasteiger charge is 2.17. The number of carbonyl (C=O) groups is 2. The summed E-state index contributed by atoms with van der Waals surface area (Å²) >= 11 is 1.13. The van der Waals surface area contributed by atoms with Gasteiger partial charge in [0, 0.05) is 18.3 Å². The van der Waals surface area contributed by atoms with Crippen LogP contribution in [0.15, 0.2) is 39.8 Å². The van der Waals surface area contributed by atoms with Crippen LogP contribution in [0.1, 0.15) is 23.9 Å². The lowest BCUT2D eigenvalue weighted by Gasteiger charge is -2.10. The van der Waals surface area contributed by atoms with Crippen LogP contribution in [-0.4, -0.2) is 37.4 Å². The number of hydrogen-bond donors (Lipinski definition) is 1. The summed E-state index contributed by atoms with van der Waals surface area (Å²) in [5.41, 5.74) is 1.49. The summed E-state index contributed by atoms with van der Waals surface area (Å²) in [7, 11) is 0. The molecule has 0 aromatic carbocycles. The van der Waals surface area contributed by atoms with Gasteiger partial charge in [-0.15, -0.1) is 11.8 Å². The molecule has 0 aliphatic heterocycles. The first-order valence-electron chi connectivity index (χ1n) is 8.83. The first-order valence-corrected chi connectivity index (χ1v) is 9.87. The van der Waals surface area contributed by atoms with Crippen LogP contribution in [-0.2, 0) is 20.9 Å². The predicted molar refractivity (Wildman–Crippen MR) is 108 cm³/mol. The van der Waals surface area contributed by atoms with Crippen molar-refractivity contribution in [2.24, 2.45) is 0 Å². The number of rotatable bonds is 7. The minimum Gasteiger partial charge on any atom is -0.459 e. The minimum atomic E-state index is -0.501. The molecule has 152 valence electrons. The van der Waals surface area contributed by atoms with Gasteiger partial charge in [-0.25, -0.2) is 4.98 Å². The number of anilines is 1. The Bertz CT molecular complexity index is 1110. The van der Waals surface area contributed by atoms with Crippen molar-refractivity contribution in [1.29, 1.82) is 0 Å². The second-order valence-corrected chi connectivity index (χ2v) is 7.73. The number of fused-ring (bicyclic) bond motifs is 1. The molecule has 1 amide bonds. The second kappa shape index (κ2) is 8.91. The van der Waals surface area contributed by atoms with E-state index >= 15 is 0 Å². The molecule has 29 heavy (non-hydrogen) atoms. The summed E-state index contributed by atoms with van der Waals surface area (Å²) < 4.78 is 11.5. The average Bonchev–Trinajstić information content (AvgIpc) is 3.09. The summed E-state index contributed by atoms with van der Waals surface area (Å²) in [6.07, 6.45) is 1.64. The second-order valence-electron chi connectivity index (χ2n) is 6.40. The number of nitrogens with zero attached hydrogens (tertiary/aromatic N) is 3. The summed E-state index contributed by atoms with van der Waals surface area (Å²) in [6, 6.07) is 6.55. The van der Waals surface area contributed by atoms with E-state index in [9.17, 15) is 14.4 Å². The molecule has 9 nitrogen and oxygen atoms in total. The molecular weight excluding hydrogens is 396 g/mol. The van der Waals surface area contributed by atoms with Crippen molar-refractivity contribution >= 4 is 35.1 Å². The first-order chi connectivity index (χ1) is 13.8. The minimum absolute atomic E-state index is 0.0159. The Labute approximate surface area is 170 Å². The van der Waals surface area contributed by atoms with E-state index in [2.05, 4.69) is 15.5 Å². The standard InChI is InChI=1S/C19H20N4O5S/c1-11-5-4-6-23-16(24)8-14(20-18(11)23)9-27-17(25)10-29-13(3)19(26)21-15-7-12(2)28-22-15/h4-8,13H,9-10H2,1-3H3,(H,21,22,26)/t13-/m0/s1. The number of esters is 1. The van der Waals surface area contributed by atoms with Crippen LogP contribution in [0, 0.1) is 13.8 Å². The molecule has 1 N–H and O–H groups in total. The molecule has 3 rings (SSSR count). The van der Waals surface area contributed by atoms with E-state index in [1.165, 1.54) is 10.5 Å². The fourth-order valence-electron chi connectivity index (χ4n) is 2.50. The van der Waals surface area contributed by atoms with Gasteiger partial charge in [-0.1, -0.05) is 11.2 Å². The number of ether oxygens (including phenoxy) is 1. The van der Waals surface area contributed by atoms with Crippen LogP contribution in [0.2, 0.25) is 0 Å². The molecule has 0 aliphatic rings. The zero-order valence-corrected chi connectivity index (χ0v) is 17.0. The van der Waals surface area contributed by atoms with Crippen LogP contribution in [0.25, 0.3) is 5.65 Å². The zero-order valence-electron chi connectivity index (χ0n) is 16.2. The number of nitrogens with one attached hydrogen (secondary N) is 1. The topological polar surface area (TPSA) is 116 Å². The molecule has 0 aliphatic carbocycles. The number of aromatic nitrogens is 3. The van der Waals surface area contributed by atoms with Crippen molar-refractivity contribution in [3.63, 3.8) is 0 Å². The molecule has 0 fully saturated rings. The molecule has 3 aromatic heterocycles. The van der Waals surface area contributed by atoms with Gasteiger partial charge >= 0.3 is 5.97 Å². The Morgan fingerprint density at radius 3 is 2.86 bits per heavy atom. The van der Waals surface area contributed by atoms with Gasteiger partial charge in [-0.2, -0.15) is 0 Å². The Kier molecular flexibility index (Phi) is 6.32. The van der Waals surface area contributed by atoms with Crippen molar-refractivity contribution < 1.29 is 18.8 Å². The van der Waals surface area contributed by atoms with Crippen LogP contribution < -0.4 is 10.9 Å². The molecule has 0 spiro atoms. The molecule has 0 radical (unpaired) electrons. The lowest BCUT2D eigenvalue weighted by molar-refractivity contribution is -0.141. The number of thioether (sulfide) groups is 1. The summed E-state index contributed by atoms with van der Waals surface area (Å²) in [5, 5.41) is 5.80. The van der Waals surface area contributed by atoms with Crippen LogP contribution >= 0.6 is 11.8 Å². The molecular formula is C19H20N4O5S. The number of carbonyl (C=O) groups excluding carboxylic acids is 2. The Balaban J connectivity index is 1.51. The molecule has 0 unspecified atom stereocenters. The molecule has 0 saturated carbocycles. The van der Waals surface area contributed by atoms with Crippen LogP contribution in [0.4, 0.5) is 5.82 Å². The van der Waals surface area contributed by atoms with Crippen molar-refractivity contribution in [3.8, 4) is 0 Å². The van der Waals surface area contributed by atoms with E-state index in [1.807, 2.05) is 13.0 Å². The van der Waals surface area contributed by atoms with Gasteiger partial charge in [-0.05, 0) is 32.4 Å². The van der Waals surface area contributed by atoms with Gasteiger partial charge in [0.1, 0.15) is 18.0 Å². The van der Waals surface area contributed by atoms with E-state index < -0.39 is 11.2 Å². The van der Waals surface area contributed by atoms with Crippen molar-refractivity contribution in [1.82, 2.24) is 14.5 Å². The summed E-state index contributed by atoms with van der Waals surface area (Å²) in [6.45, 7) is 5.13. The van der Waals surface area contributed by atoms with E-state index in [4.69, 9.17) is 9.26 Å². The van der Waals surface area contributed by atoms with E-state index in [-0.39, 0.29) is 23.8 Å². The Morgan fingerprint density at radius 2 is 2.14 bits per heavy atom. The Hall–Kier alpha value is -3.14. The number of pyridine rings is 1. The maximum Gasteiger partial charge on any atom is 0.316 e. The molecule has 0 bridgehead atoms. The zero-order chi connectivity index (χ0) is 21.0. The normalized spacial score (nSPS) is 12.0. The first kappa shape index (κ1) is 20.6. The van der Waals surface area contributed by atoms with Crippen LogP contribution in [0.3, 0.4) is 0 Å². The number of hydrogen-bond acceptors (Lipinski definition) is 8. The van der Waals surface area contributed by atoms with E-state index in [1.54, 1.807) is 32.2 Å². The van der Waals surface area contributed by atoms with E-state index in [0.717, 1.165) is 17.3 Å². The molecule has 3 heterocycles. The third-order valence-electron chi connectivity index (χ3n) is 4.02. The quantitative estimate of drug-likeness (QED) is 0.582. The lowest BCUT2D eigenvalue weighted by atomic mass is 10.3. The lowest BCUT2D eigenvalue weighted by Crippen LogP contribution is -2.24. The van der Waals surface area contributed by atoms with Gasteiger partial charge in [-0.3, -0.25) is 18.8 Å². The predicted octanol–water partition coefficient (Wildman–Crippen LogP) is 2.10. The number of amides is 1. The van der Waals surface area contributed by atoms with Gasteiger partial charge in [0.05, 0.1) is 16.7 Å². The summed E-state index contributed by atoms with van der Waals surface area (Å²) in [5.74, 6) is 0.0974. The third-order valence-corrected chi connectivity index (χ3v) is 5.14. The molecule has 3 aromatic rings. The summed E-state index contributed by atoms with van der Waals surface area (Å²) in [4.78, 5) is 40.6. The van der Waals surface area contributed by atoms with Gasteiger partial charge < -0.3 is 14.6 Å². The highest BCUT2D eigenvalue weighted by molar-refractivity contribution is 8.01. The smallest absolute Gasteiger partial charge is 0.316 e. The fraction of sp³-hybridized carbons (Fsp3) is 0.316. The maximum atomic E-state index is 12.2. The SMILES string of the molecule is Cc1cc(NC(=O)[C@H](C)SCC(=O)OCc2cc(=O)n3cccc(C)c3n2)no1. The highest BCUT2D eigenvalue weighted by Crippen LogP contribution is 2.15. The average molecular weight is 416 g/mol. The van der Waals surface area contributed by atoms with Gasteiger partial charge in [0.2, 0.25) is 5.91 Å². The highest BCUT2D eigenvalue weighted by atomic mass is 32.2.